The maximum atomic E-state index is 11.2. The van der Waals surface area contributed by atoms with E-state index >= 15 is 0 Å². The first kappa shape index (κ1) is 27.9. The molecule has 0 fully saturated rings. The highest BCUT2D eigenvalue weighted by molar-refractivity contribution is 5.81. The van der Waals surface area contributed by atoms with E-state index in [0.717, 1.165) is 65.3 Å². The molecule has 2 N–H and O–H groups in total. The average Bonchev–Trinajstić information content (AvgIpc) is 3.38. The summed E-state index contributed by atoms with van der Waals surface area (Å²) in [4.78, 5) is 31.8. The second kappa shape index (κ2) is 13.1. The van der Waals surface area contributed by atoms with Gasteiger partial charge in [-0.2, -0.15) is 0 Å². The highest BCUT2D eigenvalue weighted by atomic mass is 16.5. The van der Waals surface area contributed by atoms with Gasteiger partial charge in [0.2, 0.25) is 23.6 Å². The third kappa shape index (κ3) is 7.49. The summed E-state index contributed by atoms with van der Waals surface area (Å²) in [6, 6.07) is 7.85. The van der Waals surface area contributed by atoms with Gasteiger partial charge in [0, 0.05) is 65.6 Å². The number of fused-ring (bicyclic) bond motifs is 2. The Balaban J connectivity index is 1.21. The molecule has 0 saturated carbocycles. The number of pyridine rings is 2. The molecule has 0 radical (unpaired) electrons. The number of carbonyl (C=O) groups excluding carboxylic acids is 2. The van der Waals surface area contributed by atoms with Crippen LogP contribution in [-0.2, 0) is 36.5 Å². The summed E-state index contributed by atoms with van der Waals surface area (Å²) in [7, 11) is 3.99. The fraction of sp³-hybridized carbons (Fsp3) is 0.448. The van der Waals surface area contributed by atoms with Crippen molar-refractivity contribution >= 4 is 33.9 Å². The summed E-state index contributed by atoms with van der Waals surface area (Å²) in [5.74, 6) is 1.16. The van der Waals surface area contributed by atoms with E-state index in [2.05, 4.69) is 23.0 Å². The van der Waals surface area contributed by atoms with Crippen LogP contribution in [0.3, 0.4) is 0 Å². The van der Waals surface area contributed by atoms with Gasteiger partial charge in [0.05, 0.1) is 35.3 Å². The zero-order chi connectivity index (χ0) is 27.8. The molecule has 0 aromatic carbocycles. The zero-order valence-corrected chi connectivity index (χ0v) is 23.2. The normalized spacial score (nSPS) is 11.2. The number of carbonyl (C=O) groups is 2. The molecule has 4 heterocycles. The van der Waals surface area contributed by atoms with Crippen LogP contribution < -0.4 is 20.1 Å². The van der Waals surface area contributed by atoms with Gasteiger partial charge in [-0.1, -0.05) is 0 Å². The van der Waals surface area contributed by atoms with Gasteiger partial charge in [0.25, 0.3) is 0 Å². The van der Waals surface area contributed by atoms with Gasteiger partial charge in [-0.3, -0.25) is 9.59 Å². The van der Waals surface area contributed by atoms with Crippen LogP contribution in [0.25, 0.3) is 22.1 Å². The quantitative estimate of drug-likeness (QED) is 0.240. The second-order valence-electron chi connectivity index (χ2n) is 9.79. The number of nitrogens with zero attached hydrogens (tertiary/aromatic N) is 4. The Kier molecular flexibility index (Phi) is 9.40. The molecule has 0 aliphatic rings. The van der Waals surface area contributed by atoms with Crippen molar-refractivity contribution in [2.24, 2.45) is 14.1 Å². The molecular formula is C29H38N6O4. The van der Waals surface area contributed by atoms with E-state index in [0.29, 0.717) is 38.1 Å². The first-order chi connectivity index (χ1) is 18.8. The van der Waals surface area contributed by atoms with Crippen LogP contribution in [0.1, 0.15) is 44.2 Å². The lowest BCUT2D eigenvalue weighted by atomic mass is 10.2. The Labute approximate surface area is 228 Å². The monoisotopic (exact) mass is 534 g/mol. The van der Waals surface area contributed by atoms with Crippen LogP contribution in [0, 0.1) is 0 Å². The summed E-state index contributed by atoms with van der Waals surface area (Å²) in [5.41, 5.74) is 6.08. The summed E-state index contributed by atoms with van der Waals surface area (Å²) in [5, 5.41) is 5.68. The third-order valence-corrected chi connectivity index (χ3v) is 6.59. The second-order valence-corrected chi connectivity index (χ2v) is 9.79. The number of hydrogen-bond acceptors (Lipinski definition) is 6. The van der Waals surface area contributed by atoms with Gasteiger partial charge in [-0.05, 0) is 55.4 Å². The number of nitrogens with one attached hydrogen (secondary N) is 2. The Morgan fingerprint density at radius 2 is 1.15 bits per heavy atom. The van der Waals surface area contributed by atoms with Crippen LogP contribution >= 0.6 is 0 Å². The molecule has 0 bridgehead atoms. The fourth-order valence-electron chi connectivity index (χ4n) is 4.65. The highest BCUT2D eigenvalue weighted by Gasteiger charge is 2.11. The van der Waals surface area contributed by atoms with Gasteiger partial charge >= 0.3 is 0 Å². The molecule has 39 heavy (non-hydrogen) atoms. The lowest BCUT2D eigenvalue weighted by Crippen LogP contribution is -2.22. The van der Waals surface area contributed by atoms with E-state index in [1.54, 1.807) is 0 Å². The number of unbranched alkanes of at least 4 members (excludes halogenated alkanes) is 2. The maximum absolute atomic E-state index is 11.2. The molecule has 0 saturated heterocycles. The fourth-order valence-corrected chi connectivity index (χ4v) is 4.65. The number of amides is 2. The van der Waals surface area contributed by atoms with Crippen LogP contribution in [0.15, 0.2) is 36.7 Å². The highest BCUT2D eigenvalue weighted by Crippen LogP contribution is 2.24. The van der Waals surface area contributed by atoms with E-state index in [1.165, 1.54) is 13.8 Å². The minimum atomic E-state index is -0.0319. The van der Waals surface area contributed by atoms with Crippen LogP contribution in [-0.4, -0.2) is 57.2 Å². The molecule has 208 valence electrons. The van der Waals surface area contributed by atoms with Crippen LogP contribution in [0.2, 0.25) is 0 Å². The maximum Gasteiger partial charge on any atom is 0.216 e. The van der Waals surface area contributed by atoms with Gasteiger partial charge in [0.1, 0.15) is 0 Å². The van der Waals surface area contributed by atoms with Gasteiger partial charge in [0.15, 0.2) is 0 Å². The average molecular weight is 535 g/mol. The zero-order valence-electron chi connectivity index (χ0n) is 23.2. The number of aryl methyl sites for hydroxylation is 2. The Bertz CT molecular complexity index is 1330. The molecule has 0 aliphatic heterocycles. The molecule has 10 nitrogen and oxygen atoms in total. The Hall–Kier alpha value is -4.08. The molecule has 4 aromatic heterocycles. The first-order valence-corrected chi connectivity index (χ1v) is 13.5. The molecular weight excluding hydrogens is 496 g/mol. The minimum absolute atomic E-state index is 0.0319. The predicted octanol–water partition coefficient (Wildman–Crippen LogP) is 3.45. The van der Waals surface area contributed by atoms with Crippen molar-refractivity contribution in [3.63, 3.8) is 0 Å². The molecule has 0 unspecified atom stereocenters. The molecule has 0 aliphatic carbocycles. The van der Waals surface area contributed by atoms with Crippen molar-refractivity contribution < 1.29 is 19.1 Å². The standard InChI is InChI=1S/C29H38N6O4/c1-20(36)30-14-12-22-18-34(3)24-8-10-26(32-28(22)24)38-16-6-5-7-17-39-27-11-9-25-29(33-27)23(19-35(25)4)13-15-31-21(2)37/h8-11,18-19H,5-7,12-17H2,1-4H3,(H,30,36)(H,31,37). The Morgan fingerprint density at radius 1 is 0.718 bits per heavy atom. The van der Waals surface area contributed by atoms with Gasteiger partial charge in [-0.15, -0.1) is 0 Å². The SMILES string of the molecule is CC(=O)NCCc1cn(C)c2ccc(OCCCCCOc3ccc4c(n3)c(CCNC(C)=O)cn4C)nc12. The van der Waals surface area contributed by atoms with Crippen molar-refractivity contribution in [1.29, 1.82) is 0 Å². The number of ether oxygens (including phenoxy) is 2. The summed E-state index contributed by atoms with van der Waals surface area (Å²) >= 11 is 0. The van der Waals surface area contributed by atoms with E-state index < -0.39 is 0 Å². The summed E-state index contributed by atoms with van der Waals surface area (Å²) in [6.45, 7) is 5.37. The lowest BCUT2D eigenvalue weighted by molar-refractivity contribution is -0.119. The number of hydrogen-bond donors (Lipinski definition) is 2. The molecule has 0 atom stereocenters. The summed E-state index contributed by atoms with van der Waals surface area (Å²) < 4.78 is 15.9. The smallest absolute Gasteiger partial charge is 0.216 e. The van der Waals surface area contributed by atoms with Crippen molar-refractivity contribution in [2.75, 3.05) is 26.3 Å². The Morgan fingerprint density at radius 3 is 1.56 bits per heavy atom. The van der Waals surface area contributed by atoms with E-state index in [4.69, 9.17) is 19.4 Å². The molecule has 4 rings (SSSR count). The van der Waals surface area contributed by atoms with Crippen LogP contribution in [0.4, 0.5) is 0 Å². The van der Waals surface area contributed by atoms with Crippen LogP contribution in [0.5, 0.6) is 11.8 Å². The number of rotatable bonds is 14. The minimum Gasteiger partial charge on any atom is -0.478 e. The van der Waals surface area contributed by atoms with E-state index in [9.17, 15) is 9.59 Å². The van der Waals surface area contributed by atoms with E-state index in [1.807, 2.05) is 47.5 Å². The van der Waals surface area contributed by atoms with Crippen molar-refractivity contribution in [1.82, 2.24) is 29.7 Å². The molecule has 4 aromatic rings. The van der Waals surface area contributed by atoms with Crippen molar-refractivity contribution in [3.05, 3.63) is 47.8 Å². The largest absolute Gasteiger partial charge is 0.478 e. The lowest BCUT2D eigenvalue weighted by Gasteiger charge is -2.08. The topological polar surface area (TPSA) is 112 Å². The van der Waals surface area contributed by atoms with Crippen molar-refractivity contribution in [2.45, 2.75) is 46.0 Å². The van der Waals surface area contributed by atoms with Gasteiger partial charge < -0.3 is 29.2 Å². The molecule has 2 amide bonds. The third-order valence-electron chi connectivity index (χ3n) is 6.59. The summed E-state index contributed by atoms with van der Waals surface area (Å²) in [6.07, 6.45) is 8.30. The molecule has 10 heteroatoms. The predicted molar refractivity (Wildman–Crippen MR) is 151 cm³/mol. The van der Waals surface area contributed by atoms with E-state index in [-0.39, 0.29) is 11.8 Å². The molecule has 0 spiro atoms. The number of aromatic nitrogens is 4. The first-order valence-electron chi connectivity index (χ1n) is 13.5. The van der Waals surface area contributed by atoms with Crippen molar-refractivity contribution in [3.8, 4) is 11.8 Å². The van der Waals surface area contributed by atoms with Gasteiger partial charge in [-0.25, -0.2) is 9.97 Å².